The van der Waals surface area contributed by atoms with Gasteiger partial charge in [-0.15, -0.1) is 0 Å². The van der Waals surface area contributed by atoms with E-state index in [0.717, 1.165) is 4.31 Å². The summed E-state index contributed by atoms with van der Waals surface area (Å²) in [4.78, 5) is 27.8. The number of hydrogen-bond acceptors (Lipinski definition) is 5. The fraction of sp³-hybridized carbons (Fsp3) is 0.235. The molecule has 0 aliphatic carbocycles. The molecule has 0 aliphatic rings. The van der Waals surface area contributed by atoms with Gasteiger partial charge in [0.2, 0.25) is 10.0 Å². The lowest BCUT2D eigenvalue weighted by atomic mass is 10.2. The summed E-state index contributed by atoms with van der Waals surface area (Å²) in [7, 11) is -0.593. The van der Waals surface area contributed by atoms with E-state index in [1.54, 1.807) is 36.5 Å². The summed E-state index contributed by atoms with van der Waals surface area (Å²) >= 11 is 0. The highest BCUT2D eigenvalue weighted by molar-refractivity contribution is 7.89. The SMILES string of the molecule is CN(C)S(=O)(=O)c1ccc(CNC(=O)C(=O)NCc2ccccn2)cc1. The highest BCUT2D eigenvalue weighted by Crippen LogP contribution is 2.13. The van der Waals surface area contributed by atoms with Crippen LogP contribution in [0.3, 0.4) is 0 Å². The standard InChI is InChI=1S/C17H20N4O4S/c1-21(2)26(24,25)15-8-6-13(7-9-15)11-19-16(22)17(23)20-12-14-5-3-4-10-18-14/h3-10H,11-12H2,1-2H3,(H,19,22)(H,20,23). The number of aromatic nitrogens is 1. The molecule has 2 aromatic rings. The van der Waals surface area contributed by atoms with Crippen LogP contribution >= 0.6 is 0 Å². The predicted octanol–water partition coefficient (Wildman–Crippen LogP) is 0.265. The highest BCUT2D eigenvalue weighted by atomic mass is 32.2. The molecule has 0 unspecified atom stereocenters. The summed E-state index contributed by atoms with van der Waals surface area (Å²) < 4.78 is 25.1. The van der Waals surface area contributed by atoms with E-state index in [4.69, 9.17) is 0 Å². The van der Waals surface area contributed by atoms with Crippen LogP contribution in [0.4, 0.5) is 0 Å². The molecule has 1 aromatic carbocycles. The first-order chi connectivity index (χ1) is 12.3. The van der Waals surface area contributed by atoms with Gasteiger partial charge in [0.15, 0.2) is 0 Å². The third-order valence-electron chi connectivity index (χ3n) is 3.52. The molecule has 0 saturated heterocycles. The van der Waals surface area contributed by atoms with Gasteiger partial charge < -0.3 is 10.6 Å². The number of hydrogen-bond donors (Lipinski definition) is 2. The van der Waals surface area contributed by atoms with E-state index < -0.39 is 21.8 Å². The molecule has 0 aliphatic heterocycles. The lowest BCUT2D eigenvalue weighted by molar-refractivity contribution is -0.139. The number of benzene rings is 1. The van der Waals surface area contributed by atoms with Gasteiger partial charge in [-0.25, -0.2) is 12.7 Å². The highest BCUT2D eigenvalue weighted by Gasteiger charge is 2.17. The minimum absolute atomic E-state index is 0.109. The summed E-state index contributed by atoms with van der Waals surface area (Å²) in [5.74, 6) is -1.53. The maximum Gasteiger partial charge on any atom is 0.309 e. The lowest BCUT2D eigenvalue weighted by Crippen LogP contribution is -2.39. The van der Waals surface area contributed by atoms with E-state index in [1.165, 1.54) is 26.2 Å². The van der Waals surface area contributed by atoms with Crippen LogP contribution < -0.4 is 10.6 Å². The van der Waals surface area contributed by atoms with Gasteiger partial charge in [0, 0.05) is 26.8 Å². The summed E-state index contributed by atoms with van der Waals surface area (Å²) in [6.45, 7) is 0.266. The monoisotopic (exact) mass is 376 g/mol. The van der Waals surface area contributed by atoms with Crippen LogP contribution in [0, 0.1) is 0 Å². The molecular weight excluding hydrogens is 356 g/mol. The molecule has 1 heterocycles. The third kappa shape index (κ3) is 5.11. The Bertz CT molecular complexity index is 865. The van der Waals surface area contributed by atoms with Gasteiger partial charge in [-0.2, -0.15) is 0 Å². The van der Waals surface area contributed by atoms with Crippen LogP contribution in [0.1, 0.15) is 11.3 Å². The van der Waals surface area contributed by atoms with Crippen molar-refractivity contribution >= 4 is 21.8 Å². The summed E-state index contributed by atoms with van der Waals surface area (Å²) in [6.07, 6.45) is 1.60. The first-order valence-electron chi connectivity index (χ1n) is 7.78. The molecule has 0 bridgehead atoms. The van der Waals surface area contributed by atoms with E-state index in [-0.39, 0.29) is 18.0 Å². The Kier molecular flexibility index (Phi) is 6.42. The van der Waals surface area contributed by atoms with Crippen molar-refractivity contribution in [2.45, 2.75) is 18.0 Å². The fourth-order valence-corrected chi connectivity index (χ4v) is 2.91. The second kappa shape index (κ2) is 8.54. The molecule has 138 valence electrons. The van der Waals surface area contributed by atoms with Crippen LogP contribution in [-0.4, -0.2) is 43.6 Å². The molecule has 9 heteroatoms. The van der Waals surface area contributed by atoms with E-state index in [0.29, 0.717) is 11.3 Å². The van der Waals surface area contributed by atoms with Crippen molar-refractivity contribution in [3.8, 4) is 0 Å². The third-order valence-corrected chi connectivity index (χ3v) is 5.35. The van der Waals surface area contributed by atoms with Crippen molar-refractivity contribution in [1.82, 2.24) is 19.9 Å². The van der Waals surface area contributed by atoms with Gasteiger partial charge in [0.1, 0.15) is 0 Å². The molecular formula is C17H20N4O4S. The topological polar surface area (TPSA) is 108 Å². The van der Waals surface area contributed by atoms with Crippen LogP contribution in [0.2, 0.25) is 0 Å². The van der Waals surface area contributed by atoms with Crippen molar-refractivity contribution in [1.29, 1.82) is 0 Å². The number of rotatable bonds is 6. The van der Waals surface area contributed by atoms with Gasteiger partial charge in [0.05, 0.1) is 17.1 Å². The number of nitrogens with zero attached hydrogens (tertiary/aromatic N) is 2. The fourth-order valence-electron chi connectivity index (χ4n) is 2.01. The Morgan fingerprint density at radius 2 is 1.58 bits per heavy atom. The van der Waals surface area contributed by atoms with Gasteiger partial charge in [-0.05, 0) is 29.8 Å². The molecule has 8 nitrogen and oxygen atoms in total. The lowest BCUT2D eigenvalue weighted by Gasteiger charge is -2.12. The summed E-state index contributed by atoms with van der Waals surface area (Å²) in [5.41, 5.74) is 1.32. The van der Waals surface area contributed by atoms with E-state index >= 15 is 0 Å². The number of carbonyl (C=O) groups is 2. The zero-order chi connectivity index (χ0) is 19.2. The molecule has 0 fully saturated rings. The normalized spacial score (nSPS) is 11.2. The summed E-state index contributed by atoms with van der Waals surface area (Å²) in [6, 6.07) is 11.4. The second-order valence-corrected chi connectivity index (χ2v) is 7.77. The molecule has 1 aromatic heterocycles. The van der Waals surface area contributed by atoms with Gasteiger partial charge in [-0.1, -0.05) is 18.2 Å². The molecule has 0 radical (unpaired) electrons. The average molecular weight is 376 g/mol. The van der Waals surface area contributed by atoms with E-state index in [2.05, 4.69) is 15.6 Å². The van der Waals surface area contributed by atoms with Crippen molar-refractivity contribution in [2.24, 2.45) is 0 Å². The Labute approximate surface area is 152 Å². The molecule has 0 saturated carbocycles. The predicted molar refractivity (Wildman–Crippen MR) is 95.2 cm³/mol. The molecule has 0 atom stereocenters. The van der Waals surface area contributed by atoms with Crippen LogP contribution in [0.25, 0.3) is 0 Å². The smallest absolute Gasteiger partial charge is 0.309 e. The number of carbonyl (C=O) groups excluding carboxylic acids is 2. The Morgan fingerprint density at radius 1 is 0.962 bits per heavy atom. The van der Waals surface area contributed by atoms with Crippen molar-refractivity contribution in [3.63, 3.8) is 0 Å². The maximum atomic E-state index is 12.0. The average Bonchev–Trinajstić information content (AvgIpc) is 2.65. The van der Waals surface area contributed by atoms with Crippen molar-refractivity contribution in [3.05, 3.63) is 59.9 Å². The summed E-state index contributed by atoms with van der Waals surface area (Å²) in [5, 5.41) is 4.96. The minimum atomic E-state index is -3.50. The van der Waals surface area contributed by atoms with Crippen LogP contribution in [-0.2, 0) is 32.7 Å². The zero-order valence-corrected chi connectivity index (χ0v) is 15.3. The van der Waals surface area contributed by atoms with Crippen molar-refractivity contribution < 1.29 is 18.0 Å². The number of pyridine rings is 1. The molecule has 2 N–H and O–H groups in total. The Morgan fingerprint density at radius 3 is 2.12 bits per heavy atom. The Balaban J connectivity index is 1.86. The number of sulfonamides is 1. The Hall–Kier alpha value is -2.78. The first-order valence-corrected chi connectivity index (χ1v) is 9.22. The van der Waals surface area contributed by atoms with Gasteiger partial charge in [0.25, 0.3) is 0 Å². The largest absolute Gasteiger partial charge is 0.344 e. The quantitative estimate of drug-likeness (QED) is 0.703. The van der Waals surface area contributed by atoms with Crippen molar-refractivity contribution in [2.75, 3.05) is 14.1 Å². The molecule has 2 rings (SSSR count). The zero-order valence-electron chi connectivity index (χ0n) is 14.5. The molecule has 2 amide bonds. The number of amides is 2. The van der Waals surface area contributed by atoms with Gasteiger partial charge in [-0.3, -0.25) is 14.6 Å². The maximum absolute atomic E-state index is 12.0. The van der Waals surface area contributed by atoms with Crippen LogP contribution in [0.5, 0.6) is 0 Å². The van der Waals surface area contributed by atoms with Gasteiger partial charge >= 0.3 is 11.8 Å². The molecule has 26 heavy (non-hydrogen) atoms. The second-order valence-electron chi connectivity index (χ2n) is 5.62. The van der Waals surface area contributed by atoms with E-state index in [9.17, 15) is 18.0 Å². The molecule has 0 spiro atoms. The number of nitrogens with one attached hydrogen (secondary N) is 2. The van der Waals surface area contributed by atoms with Crippen LogP contribution in [0.15, 0.2) is 53.6 Å². The van der Waals surface area contributed by atoms with E-state index in [1.807, 2.05) is 0 Å². The first kappa shape index (κ1) is 19.5. The minimum Gasteiger partial charge on any atom is -0.344 e.